The summed E-state index contributed by atoms with van der Waals surface area (Å²) < 4.78 is 20.1. The molecule has 1 aliphatic carbocycles. The Bertz CT molecular complexity index is 2320. The number of aromatic amines is 1. The number of H-pyrrole nitrogens is 1. The monoisotopic (exact) mass is 800 g/mol. The van der Waals surface area contributed by atoms with Crippen LogP contribution in [0, 0.1) is 0 Å². The highest BCUT2D eigenvalue weighted by Gasteiger charge is 2.45. The lowest BCUT2D eigenvalue weighted by molar-refractivity contribution is -0.169. The van der Waals surface area contributed by atoms with E-state index in [-0.39, 0.29) is 29.5 Å². The van der Waals surface area contributed by atoms with Crippen molar-refractivity contribution in [1.82, 2.24) is 30.2 Å². The van der Waals surface area contributed by atoms with Crippen LogP contribution in [-0.2, 0) is 28.2 Å². The Morgan fingerprint density at radius 1 is 1.07 bits per heavy atom. The van der Waals surface area contributed by atoms with Crippen LogP contribution in [0.1, 0.15) is 59.1 Å². The van der Waals surface area contributed by atoms with Gasteiger partial charge in [0.1, 0.15) is 36.1 Å². The van der Waals surface area contributed by atoms with Crippen molar-refractivity contribution < 1.29 is 34.3 Å². The second kappa shape index (κ2) is 16.3. The standard InChI is InChI=1S/C40H44N6O8S2/c1-45(25-7-9-26(10-8-25)54-39(50)40(51,32-5-2-19-55-32)33-6-3-20-56-33)15-4-16-46-36-29(43-44-46)21-24(37-38(36)53-18-17-52-37)22-41-23-31(48)27-11-13-30(47)35-28(27)12-14-34(49)42-35/h2-3,5-6,11-14,19-21,25-26,31,41,47-48,51H,4,7-10,15-18,22-23H2,1H3,(H,42,49)/t25?,26?,31-/m0/s1. The third-order valence-corrected chi connectivity index (χ3v) is 12.7. The van der Waals surface area contributed by atoms with Gasteiger partial charge in [0.25, 0.3) is 0 Å². The largest absolute Gasteiger partial charge is 0.506 e. The Hall–Kier alpha value is -4.84. The SMILES string of the molecule is CN(CCCn1nnc2cc(CNC[C@H](O)c3ccc(O)c4[nH]c(=O)ccc34)c3c(c21)OCCO3)C1CCC(OC(=O)C(O)(c2cccs2)c2cccs2)CC1. The quantitative estimate of drug-likeness (QED) is 0.0950. The number of rotatable bonds is 14. The minimum absolute atomic E-state index is 0.0611. The Balaban J connectivity index is 0.855. The zero-order valence-corrected chi connectivity index (χ0v) is 32.5. The maximum Gasteiger partial charge on any atom is 0.349 e. The van der Waals surface area contributed by atoms with Crippen LogP contribution in [0.25, 0.3) is 21.9 Å². The number of hydrogen-bond acceptors (Lipinski definition) is 14. The number of hydrogen-bond donors (Lipinski definition) is 5. The number of esters is 1. The molecule has 14 nitrogen and oxygen atoms in total. The molecular formula is C40H44N6O8S2. The number of benzene rings is 2. The summed E-state index contributed by atoms with van der Waals surface area (Å²) in [4.78, 5) is 31.4. The fourth-order valence-corrected chi connectivity index (χ4v) is 9.51. The predicted octanol–water partition coefficient (Wildman–Crippen LogP) is 4.81. The van der Waals surface area contributed by atoms with Crippen LogP contribution >= 0.6 is 22.7 Å². The summed E-state index contributed by atoms with van der Waals surface area (Å²) in [6.07, 6.45) is 2.91. The summed E-state index contributed by atoms with van der Waals surface area (Å²) in [7, 11) is 2.13. The van der Waals surface area contributed by atoms with Crippen LogP contribution in [0.5, 0.6) is 17.2 Å². The van der Waals surface area contributed by atoms with Crippen molar-refractivity contribution in [3.63, 3.8) is 0 Å². The fourth-order valence-electron chi connectivity index (χ4n) is 7.80. The van der Waals surface area contributed by atoms with Crippen molar-refractivity contribution in [3.05, 3.63) is 96.6 Å². The van der Waals surface area contributed by atoms with E-state index in [1.165, 1.54) is 34.8 Å². The molecule has 2 aromatic carbocycles. The van der Waals surface area contributed by atoms with Gasteiger partial charge >= 0.3 is 5.97 Å². The zero-order valence-electron chi connectivity index (χ0n) is 30.8. The molecular weight excluding hydrogens is 757 g/mol. The van der Waals surface area contributed by atoms with Gasteiger partial charge in [-0.25, -0.2) is 9.48 Å². The fraction of sp³-hybridized carbons (Fsp3) is 0.400. The van der Waals surface area contributed by atoms with Crippen molar-refractivity contribution >= 4 is 50.6 Å². The average Bonchev–Trinajstić information content (AvgIpc) is 4.02. The van der Waals surface area contributed by atoms with E-state index in [2.05, 4.69) is 32.6 Å². The number of fused-ring (bicyclic) bond motifs is 4. The molecule has 0 radical (unpaired) electrons. The highest BCUT2D eigenvalue weighted by Crippen LogP contribution is 2.41. The van der Waals surface area contributed by atoms with Crippen LogP contribution in [0.3, 0.4) is 0 Å². The van der Waals surface area contributed by atoms with Gasteiger partial charge in [-0.3, -0.25) is 4.79 Å². The first-order valence-corrected chi connectivity index (χ1v) is 20.6. The van der Waals surface area contributed by atoms with Crippen molar-refractivity contribution in [1.29, 1.82) is 0 Å². The molecule has 4 aromatic heterocycles. The first kappa shape index (κ1) is 38.1. The summed E-state index contributed by atoms with van der Waals surface area (Å²) in [6, 6.07) is 15.6. The molecule has 1 atom stereocenters. The summed E-state index contributed by atoms with van der Waals surface area (Å²) in [5.74, 6) is 0.559. The van der Waals surface area contributed by atoms with Gasteiger partial charge in [-0.1, -0.05) is 23.4 Å². The number of aliphatic hydroxyl groups excluding tert-OH is 1. The number of thiophene rings is 2. The number of pyridine rings is 1. The highest BCUT2D eigenvalue weighted by atomic mass is 32.1. The summed E-state index contributed by atoms with van der Waals surface area (Å²) in [5.41, 5.74) is 1.03. The third kappa shape index (κ3) is 7.52. The number of aromatic hydroxyl groups is 1. The second-order valence-electron chi connectivity index (χ2n) is 14.3. The van der Waals surface area contributed by atoms with Crippen molar-refractivity contribution in [2.45, 2.75) is 69.0 Å². The number of aryl methyl sites for hydroxylation is 1. The lowest BCUT2D eigenvalue weighted by Crippen LogP contribution is -2.42. The lowest BCUT2D eigenvalue weighted by Gasteiger charge is -2.35. The van der Waals surface area contributed by atoms with E-state index in [1.54, 1.807) is 24.3 Å². The second-order valence-corrected chi connectivity index (χ2v) is 16.2. The predicted molar refractivity (Wildman–Crippen MR) is 212 cm³/mol. The number of nitrogens with zero attached hydrogens (tertiary/aromatic N) is 4. The van der Waals surface area contributed by atoms with Gasteiger partial charge in [-0.05, 0) is 92.4 Å². The molecule has 5 N–H and O–H groups in total. The van der Waals surface area contributed by atoms with E-state index in [1.807, 2.05) is 33.6 Å². The maximum absolute atomic E-state index is 13.4. The van der Waals surface area contributed by atoms with Crippen molar-refractivity contribution in [3.8, 4) is 17.2 Å². The highest BCUT2D eigenvalue weighted by molar-refractivity contribution is 7.12. The van der Waals surface area contributed by atoms with Crippen LogP contribution in [-0.4, -0.2) is 91.7 Å². The van der Waals surface area contributed by atoms with Crippen molar-refractivity contribution in [2.75, 3.05) is 33.4 Å². The van der Waals surface area contributed by atoms with E-state index in [0.717, 1.165) is 49.7 Å². The van der Waals surface area contributed by atoms with Gasteiger partial charge in [0.15, 0.2) is 11.5 Å². The zero-order chi connectivity index (χ0) is 38.8. The van der Waals surface area contributed by atoms with Gasteiger partial charge in [0.05, 0.1) is 21.4 Å². The van der Waals surface area contributed by atoms with E-state index in [4.69, 9.17) is 14.2 Å². The molecule has 1 fully saturated rings. The molecule has 0 saturated heterocycles. The number of aliphatic hydroxyl groups is 2. The Morgan fingerprint density at radius 3 is 2.52 bits per heavy atom. The normalized spacial score (nSPS) is 17.8. The van der Waals surface area contributed by atoms with Gasteiger partial charge in [0, 0.05) is 42.7 Å². The molecule has 8 rings (SSSR count). The summed E-state index contributed by atoms with van der Waals surface area (Å²) in [5, 5.41) is 49.4. The lowest BCUT2D eigenvalue weighted by atomic mass is 9.91. The molecule has 0 spiro atoms. The van der Waals surface area contributed by atoms with Crippen LogP contribution in [0.15, 0.2) is 70.2 Å². The van der Waals surface area contributed by atoms with Crippen molar-refractivity contribution in [2.24, 2.45) is 0 Å². The molecule has 56 heavy (non-hydrogen) atoms. The Morgan fingerprint density at radius 2 is 1.80 bits per heavy atom. The van der Waals surface area contributed by atoms with Gasteiger partial charge in [0.2, 0.25) is 11.2 Å². The smallest absolute Gasteiger partial charge is 0.349 e. The number of aromatic nitrogens is 4. The number of phenolic OH excluding ortho intramolecular Hbond substituents is 1. The molecule has 294 valence electrons. The van der Waals surface area contributed by atoms with Gasteiger partial charge in [-0.15, -0.1) is 27.8 Å². The minimum Gasteiger partial charge on any atom is -0.506 e. The van der Waals surface area contributed by atoms with Gasteiger partial charge < -0.3 is 44.7 Å². The molecule has 2 aliphatic rings. The molecule has 6 aromatic rings. The first-order chi connectivity index (χ1) is 27.2. The average molecular weight is 801 g/mol. The number of phenols is 1. The Kier molecular flexibility index (Phi) is 11.1. The van der Waals surface area contributed by atoms with Crippen LogP contribution in [0.2, 0.25) is 0 Å². The molecule has 1 saturated carbocycles. The summed E-state index contributed by atoms with van der Waals surface area (Å²) in [6.45, 7) is 2.85. The number of nitrogens with one attached hydrogen (secondary N) is 2. The van der Waals surface area contributed by atoms with Crippen LogP contribution < -0.4 is 20.3 Å². The summed E-state index contributed by atoms with van der Waals surface area (Å²) >= 11 is 2.69. The minimum atomic E-state index is -1.80. The van der Waals surface area contributed by atoms with E-state index >= 15 is 0 Å². The van der Waals surface area contributed by atoms with Crippen LogP contribution in [0.4, 0.5) is 0 Å². The molecule has 16 heteroatoms. The van der Waals surface area contributed by atoms with E-state index < -0.39 is 17.7 Å². The van der Waals surface area contributed by atoms with E-state index in [9.17, 15) is 24.9 Å². The topological polar surface area (TPSA) is 184 Å². The number of carbonyl (C=O) groups excluding carboxylic acids is 1. The van der Waals surface area contributed by atoms with Gasteiger partial charge in [-0.2, -0.15) is 0 Å². The molecule has 5 heterocycles. The molecule has 0 amide bonds. The first-order valence-electron chi connectivity index (χ1n) is 18.8. The number of carbonyl (C=O) groups is 1. The Labute approximate surface area is 330 Å². The molecule has 0 unspecified atom stereocenters. The molecule has 1 aliphatic heterocycles. The number of ether oxygens (including phenoxy) is 3. The third-order valence-electron chi connectivity index (χ3n) is 10.8. The van der Waals surface area contributed by atoms with E-state index in [0.29, 0.717) is 70.1 Å². The maximum atomic E-state index is 13.4. The molecule has 0 bridgehead atoms.